The lowest BCUT2D eigenvalue weighted by molar-refractivity contribution is -0.119. The Morgan fingerprint density at radius 3 is 2.31 bits per heavy atom. The fraction of sp³-hybridized carbons (Fsp3) is 0.333. The maximum atomic E-state index is 12.3. The lowest BCUT2D eigenvalue weighted by atomic mass is 10.3. The van der Waals surface area contributed by atoms with Gasteiger partial charge in [0.25, 0.3) is 0 Å². The number of para-hydroxylation sites is 1. The molecule has 2 N–H and O–H groups in total. The number of amides is 2. The Labute approximate surface area is 177 Å². The van der Waals surface area contributed by atoms with E-state index in [1.165, 1.54) is 15.8 Å². The van der Waals surface area contributed by atoms with Gasteiger partial charge in [-0.1, -0.05) is 29.3 Å². The van der Waals surface area contributed by atoms with E-state index in [0.717, 1.165) is 0 Å². The van der Waals surface area contributed by atoms with Gasteiger partial charge in [-0.2, -0.15) is 5.10 Å². The van der Waals surface area contributed by atoms with Crippen molar-refractivity contribution in [3.63, 3.8) is 0 Å². The van der Waals surface area contributed by atoms with Crippen LogP contribution in [0.5, 0.6) is 0 Å². The van der Waals surface area contributed by atoms with Gasteiger partial charge >= 0.3 is 5.97 Å². The zero-order valence-corrected chi connectivity index (χ0v) is 17.7. The Hall–Kier alpha value is -2.62. The van der Waals surface area contributed by atoms with Gasteiger partial charge in [0, 0.05) is 7.05 Å². The number of esters is 1. The molecule has 0 aliphatic heterocycles. The summed E-state index contributed by atoms with van der Waals surface area (Å²) in [6.45, 7) is 1.71. The van der Waals surface area contributed by atoms with E-state index in [2.05, 4.69) is 15.7 Å². The number of aryl methyl sites for hydroxylation is 1. The van der Waals surface area contributed by atoms with E-state index in [1.54, 1.807) is 39.2 Å². The summed E-state index contributed by atoms with van der Waals surface area (Å²) in [5.74, 6) is -1.18. The van der Waals surface area contributed by atoms with Crippen LogP contribution < -0.4 is 10.6 Å². The lowest BCUT2D eigenvalue weighted by Gasteiger charge is -2.17. The van der Waals surface area contributed by atoms with Crippen LogP contribution in [-0.4, -0.2) is 59.2 Å². The minimum Gasteiger partial charge on any atom is -0.462 e. The number of carbonyl (C=O) groups is 3. The molecule has 0 saturated carbocycles. The lowest BCUT2D eigenvalue weighted by Crippen LogP contribution is -2.36. The molecular weight excluding hydrogens is 421 g/mol. The summed E-state index contributed by atoms with van der Waals surface area (Å²) in [7, 11) is 3.19. The van der Waals surface area contributed by atoms with Crippen molar-refractivity contribution in [2.45, 2.75) is 6.92 Å². The first-order valence-corrected chi connectivity index (χ1v) is 9.39. The van der Waals surface area contributed by atoms with Crippen LogP contribution in [0.15, 0.2) is 24.4 Å². The minimum atomic E-state index is -0.583. The normalized spacial score (nSPS) is 10.7. The zero-order chi connectivity index (χ0) is 21.6. The number of halogens is 2. The topological polar surface area (TPSA) is 106 Å². The number of carbonyl (C=O) groups excluding carboxylic acids is 3. The van der Waals surface area contributed by atoms with Gasteiger partial charge in [0.15, 0.2) is 0 Å². The Morgan fingerprint density at radius 2 is 1.72 bits per heavy atom. The molecule has 2 rings (SSSR count). The molecule has 0 bridgehead atoms. The molecule has 0 aliphatic carbocycles. The minimum absolute atomic E-state index is 0.0783. The molecule has 0 aliphatic rings. The average molecular weight is 442 g/mol. The quantitative estimate of drug-likeness (QED) is 0.609. The van der Waals surface area contributed by atoms with E-state index < -0.39 is 11.9 Å². The standard InChI is InChI=1S/C18H21Cl2N5O4/c1-4-29-18(28)11-8-21-25(3)17(11)23-15(27)10-24(2)9-14(26)22-16-12(19)6-5-7-13(16)20/h5-8H,4,9-10H2,1-3H3,(H,22,26)(H,23,27). The van der Waals surface area contributed by atoms with E-state index in [1.807, 2.05) is 0 Å². The van der Waals surface area contributed by atoms with Crippen LogP contribution in [0.2, 0.25) is 10.0 Å². The van der Waals surface area contributed by atoms with E-state index in [4.69, 9.17) is 27.9 Å². The number of nitrogens with one attached hydrogen (secondary N) is 2. The van der Waals surface area contributed by atoms with E-state index in [9.17, 15) is 14.4 Å². The Bertz CT molecular complexity index is 895. The van der Waals surface area contributed by atoms with E-state index >= 15 is 0 Å². The highest BCUT2D eigenvalue weighted by atomic mass is 35.5. The second kappa shape index (κ2) is 10.2. The smallest absolute Gasteiger partial charge is 0.343 e. The molecule has 29 heavy (non-hydrogen) atoms. The second-order valence-corrected chi connectivity index (χ2v) is 6.93. The molecule has 0 spiro atoms. The molecular formula is C18H21Cl2N5O4. The largest absolute Gasteiger partial charge is 0.462 e. The number of hydrogen-bond donors (Lipinski definition) is 2. The molecule has 1 aromatic carbocycles. The maximum absolute atomic E-state index is 12.3. The Morgan fingerprint density at radius 1 is 1.14 bits per heavy atom. The van der Waals surface area contributed by atoms with Crippen LogP contribution in [0.4, 0.5) is 11.5 Å². The van der Waals surface area contributed by atoms with Gasteiger partial charge in [-0.15, -0.1) is 0 Å². The highest BCUT2D eigenvalue weighted by Crippen LogP contribution is 2.29. The van der Waals surface area contributed by atoms with Crippen molar-refractivity contribution in [2.75, 3.05) is 37.4 Å². The summed E-state index contributed by atoms with van der Waals surface area (Å²) in [5, 5.41) is 9.83. The van der Waals surface area contributed by atoms with Crippen molar-refractivity contribution < 1.29 is 19.1 Å². The highest BCUT2D eigenvalue weighted by Gasteiger charge is 2.20. The molecule has 0 radical (unpaired) electrons. The summed E-state index contributed by atoms with van der Waals surface area (Å²) >= 11 is 12.1. The number of hydrogen-bond acceptors (Lipinski definition) is 6. The van der Waals surface area contributed by atoms with E-state index in [-0.39, 0.29) is 37.0 Å². The van der Waals surface area contributed by atoms with Gasteiger partial charge in [-0.05, 0) is 26.1 Å². The Balaban J connectivity index is 1.94. The molecule has 156 valence electrons. The third-order valence-corrected chi connectivity index (χ3v) is 4.38. The number of anilines is 2. The molecule has 2 aromatic rings. The average Bonchev–Trinajstić information content (AvgIpc) is 2.99. The van der Waals surface area contributed by atoms with Crippen molar-refractivity contribution >= 4 is 52.5 Å². The highest BCUT2D eigenvalue weighted by molar-refractivity contribution is 6.39. The first-order valence-electron chi connectivity index (χ1n) is 8.64. The maximum Gasteiger partial charge on any atom is 0.343 e. The number of benzene rings is 1. The number of ether oxygens (including phenoxy) is 1. The monoisotopic (exact) mass is 441 g/mol. The number of rotatable bonds is 8. The van der Waals surface area contributed by atoms with Crippen molar-refractivity contribution in [1.82, 2.24) is 14.7 Å². The summed E-state index contributed by atoms with van der Waals surface area (Å²) in [6, 6.07) is 4.88. The van der Waals surface area contributed by atoms with Gasteiger partial charge in [-0.3, -0.25) is 19.2 Å². The predicted molar refractivity (Wildman–Crippen MR) is 110 cm³/mol. The molecule has 0 atom stereocenters. The van der Waals surface area contributed by atoms with Crippen LogP contribution in [0.25, 0.3) is 0 Å². The number of aromatic nitrogens is 2. The van der Waals surface area contributed by atoms with Gasteiger partial charge in [0.05, 0.1) is 41.6 Å². The van der Waals surface area contributed by atoms with E-state index in [0.29, 0.717) is 15.7 Å². The molecule has 2 amide bonds. The van der Waals surface area contributed by atoms with Crippen LogP contribution in [-0.2, 0) is 21.4 Å². The summed E-state index contributed by atoms with van der Waals surface area (Å²) in [5.41, 5.74) is 0.462. The molecule has 0 unspecified atom stereocenters. The van der Waals surface area contributed by atoms with Crippen LogP contribution in [0, 0.1) is 0 Å². The first-order chi connectivity index (χ1) is 13.7. The Kier molecular flexibility index (Phi) is 8.00. The fourth-order valence-electron chi connectivity index (χ4n) is 2.46. The van der Waals surface area contributed by atoms with Gasteiger partial charge in [0.1, 0.15) is 11.4 Å². The van der Waals surface area contributed by atoms with Crippen molar-refractivity contribution in [2.24, 2.45) is 7.05 Å². The predicted octanol–water partition coefficient (Wildman–Crippen LogP) is 2.41. The van der Waals surface area contributed by atoms with Gasteiger partial charge < -0.3 is 15.4 Å². The first kappa shape index (κ1) is 22.7. The van der Waals surface area contributed by atoms with Gasteiger partial charge in [0.2, 0.25) is 11.8 Å². The number of likely N-dealkylation sites (N-methyl/N-ethyl adjacent to an activating group) is 1. The summed E-state index contributed by atoms with van der Waals surface area (Å²) < 4.78 is 6.30. The van der Waals surface area contributed by atoms with Crippen LogP contribution in [0.1, 0.15) is 17.3 Å². The molecule has 1 aromatic heterocycles. The van der Waals surface area contributed by atoms with Crippen molar-refractivity contribution in [3.8, 4) is 0 Å². The molecule has 9 nitrogen and oxygen atoms in total. The van der Waals surface area contributed by atoms with Crippen molar-refractivity contribution in [1.29, 1.82) is 0 Å². The molecule has 0 saturated heterocycles. The van der Waals surface area contributed by atoms with Crippen LogP contribution in [0.3, 0.4) is 0 Å². The summed E-state index contributed by atoms with van der Waals surface area (Å²) in [4.78, 5) is 38.0. The third kappa shape index (κ3) is 6.18. The molecule has 1 heterocycles. The molecule has 0 fully saturated rings. The van der Waals surface area contributed by atoms with Gasteiger partial charge in [-0.25, -0.2) is 4.79 Å². The second-order valence-electron chi connectivity index (χ2n) is 6.12. The van der Waals surface area contributed by atoms with Crippen LogP contribution >= 0.6 is 23.2 Å². The SMILES string of the molecule is CCOC(=O)c1cnn(C)c1NC(=O)CN(C)CC(=O)Nc1c(Cl)cccc1Cl. The van der Waals surface area contributed by atoms with Crippen molar-refractivity contribution in [3.05, 3.63) is 40.0 Å². The molecule has 11 heteroatoms. The number of nitrogens with zero attached hydrogens (tertiary/aromatic N) is 3. The summed E-state index contributed by atoms with van der Waals surface area (Å²) in [6.07, 6.45) is 1.32. The third-order valence-electron chi connectivity index (χ3n) is 3.75. The zero-order valence-electron chi connectivity index (χ0n) is 16.2. The fourth-order valence-corrected chi connectivity index (χ4v) is 2.95.